The van der Waals surface area contributed by atoms with Gasteiger partial charge in [0.05, 0.1) is 19.8 Å². The van der Waals surface area contributed by atoms with Crippen molar-refractivity contribution in [1.29, 1.82) is 5.26 Å². The van der Waals surface area contributed by atoms with E-state index in [-0.39, 0.29) is 6.04 Å². The zero-order valence-electron chi connectivity index (χ0n) is 10.3. The molecule has 0 aliphatic heterocycles. The number of benzene rings is 1. The van der Waals surface area contributed by atoms with Gasteiger partial charge in [-0.3, -0.25) is 0 Å². The van der Waals surface area contributed by atoms with E-state index in [0.29, 0.717) is 19.4 Å². The third-order valence-electron chi connectivity index (χ3n) is 2.40. The summed E-state index contributed by atoms with van der Waals surface area (Å²) in [6.45, 7) is 2.42. The Kier molecular flexibility index (Phi) is 5.31. The summed E-state index contributed by atoms with van der Waals surface area (Å²) in [5.74, 6) is 1.47. The van der Waals surface area contributed by atoms with Crippen LogP contribution in [0.15, 0.2) is 18.2 Å². The van der Waals surface area contributed by atoms with Crippen molar-refractivity contribution in [2.75, 3.05) is 13.7 Å². The van der Waals surface area contributed by atoms with Gasteiger partial charge in [0.2, 0.25) is 0 Å². The van der Waals surface area contributed by atoms with Gasteiger partial charge in [-0.2, -0.15) is 5.26 Å². The maximum absolute atomic E-state index is 8.44. The number of rotatable bonds is 6. The Morgan fingerprint density at radius 1 is 1.47 bits per heavy atom. The average Bonchev–Trinajstić information content (AvgIpc) is 2.34. The van der Waals surface area contributed by atoms with Crippen LogP contribution < -0.4 is 15.2 Å². The number of nitrogens with two attached hydrogens (primary N) is 1. The molecule has 0 saturated carbocycles. The third kappa shape index (κ3) is 3.97. The van der Waals surface area contributed by atoms with Gasteiger partial charge in [0, 0.05) is 24.1 Å². The van der Waals surface area contributed by atoms with Crippen molar-refractivity contribution in [2.45, 2.75) is 25.8 Å². The second kappa shape index (κ2) is 6.77. The molecule has 4 nitrogen and oxygen atoms in total. The molecule has 0 aromatic heterocycles. The van der Waals surface area contributed by atoms with Crippen LogP contribution in [0.1, 0.15) is 31.4 Å². The zero-order chi connectivity index (χ0) is 12.7. The molecule has 4 heteroatoms. The Morgan fingerprint density at radius 3 is 2.82 bits per heavy atom. The molecule has 0 heterocycles. The van der Waals surface area contributed by atoms with Gasteiger partial charge >= 0.3 is 0 Å². The van der Waals surface area contributed by atoms with Crippen LogP contribution in [0.25, 0.3) is 0 Å². The SMILES string of the molecule is COc1ccc(C(C)N)c(OCCCC#N)c1. The number of ether oxygens (including phenoxy) is 2. The standard InChI is InChI=1S/C13H18N2O2/c1-10(15)12-6-5-11(16-2)9-13(12)17-8-4-3-7-14/h5-6,9-10H,3-4,8,15H2,1-2H3. The van der Waals surface area contributed by atoms with Crippen LogP contribution >= 0.6 is 0 Å². The fraction of sp³-hybridized carbons (Fsp3) is 0.462. The summed E-state index contributed by atoms with van der Waals surface area (Å²) in [5, 5.41) is 8.44. The van der Waals surface area contributed by atoms with Gasteiger partial charge in [0.25, 0.3) is 0 Å². The third-order valence-corrected chi connectivity index (χ3v) is 2.40. The van der Waals surface area contributed by atoms with E-state index in [1.807, 2.05) is 25.1 Å². The lowest BCUT2D eigenvalue weighted by Gasteiger charge is -2.14. The summed E-state index contributed by atoms with van der Waals surface area (Å²) in [5.41, 5.74) is 6.81. The molecule has 0 bridgehead atoms. The summed E-state index contributed by atoms with van der Waals surface area (Å²) < 4.78 is 10.8. The molecule has 0 saturated heterocycles. The molecule has 0 fully saturated rings. The molecule has 92 valence electrons. The second-order valence-corrected chi connectivity index (χ2v) is 3.80. The van der Waals surface area contributed by atoms with Crippen LogP contribution in [-0.2, 0) is 0 Å². The predicted octanol–water partition coefficient (Wildman–Crippen LogP) is 2.40. The molecule has 1 aromatic carbocycles. The summed E-state index contributed by atoms with van der Waals surface area (Å²) in [4.78, 5) is 0. The molecule has 0 spiro atoms. The van der Waals surface area contributed by atoms with Crippen molar-refractivity contribution < 1.29 is 9.47 Å². The minimum Gasteiger partial charge on any atom is -0.497 e. The average molecular weight is 234 g/mol. The Bertz CT molecular complexity index is 397. The minimum atomic E-state index is -0.0909. The van der Waals surface area contributed by atoms with Crippen LogP contribution in [-0.4, -0.2) is 13.7 Å². The normalized spacial score (nSPS) is 11.6. The van der Waals surface area contributed by atoms with Crippen LogP contribution in [0.3, 0.4) is 0 Å². The number of methoxy groups -OCH3 is 1. The molecule has 0 radical (unpaired) electrons. The van der Waals surface area contributed by atoms with Gasteiger partial charge in [-0.1, -0.05) is 6.07 Å². The van der Waals surface area contributed by atoms with Crippen LogP contribution in [0, 0.1) is 11.3 Å². The fourth-order valence-electron chi connectivity index (χ4n) is 1.48. The Hall–Kier alpha value is -1.73. The van der Waals surface area contributed by atoms with Gasteiger partial charge < -0.3 is 15.2 Å². The molecule has 0 aliphatic rings. The number of nitriles is 1. The first-order valence-electron chi connectivity index (χ1n) is 5.62. The highest BCUT2D eigenvalue weighted by Crippen LogP contribution is 2.28. The maximum Gasteiger partial charge on any atom is 0.127 e. The van der Waals surface area contributed by atoms with Crippen molar-refractivity contribution in [1.82, 2.24) is 0 Å². The zero-order valence-corrected chi connectivity index (χ0v) is 10.3. The first-order valence-corrected chi connectivity index (χ1v) is 5.62. The highest BCUT2D eigenvalue weighted by Gasteiger charge is 2.09. The van der Waals surface area contributed by atoms with Crippen LogP contribution in [0.2, 0.25) is 0 Å². The molecule has 1 atom stereocenters. The largest absolute Gasteiger partial charge is 0.497 e. The van der Waals surface area contributed by atoms with E-state index in [0.717, 1.165) is 17.1 Å². The van der Waals surface area contributed by atoms with E-state index in [1.165, 1.54) is 0 Å². The summed E-state index contributed by atoms with van der Waals surface area (Å²) in [6.07, 6.45) is 1.21. The van der Waals surface area contributed by atoms with Gasteiger partial charge in [-0.15, -0.1) is 0 Å². The van der Waals surface area contributed by atoms with Crippen molar-refractivity contribution in [3.63, 3.8) is 0 Å². The van der Waals surface area contributed by atoms with Crippen molar-refractivity contribution in [3.05, 3.63) is 23.8 Å². The molecular formula is C13H18N2O2. The van der Waals surface area contributed by atoms with E-state index in [4.69, 9.17) is 20.5 Å². The number of nitrogens with zero attached hydrogens (tertiary/aromatic N) is 1. The van der Waals surface area contributed by atoms with Gasteiger partial charge in [0.1, 0.15) is 11.5 Å². The molecule has 1 aromatic rings. The molecule has 2 N–H and O–H groups in total. The number of hydrogen-bond donors (Lipinski definition) is 1. The van der Waals surface area contributed by atoms with Crippen LogP contribution in [0.5, 0.6) is 11.5 Å². The summed E-state index contributed by atoms with van der Waals surface area (Å²) in [6, 6.07) is 7.59. The van der Waals surface area contributed by atoms with Gasteiger partial charge in [-0.25, -0.2) is 0 Å². The van der Waals surface area contributed by atoms with Gasteiger partial charge in [0.15, 0.2) is 0 Å². The second-order valence-electron chi connectivity index (χ2n) is 3.80. The van der Waals surface area contributed by atoms with Crippen molar-refractivity contribution >= 4 is 0 Å². The first-order chi connectivity index (χ1) is 8.19. The lowest BCUT2D eigenvalue weighted by atomic mass is 10.1. The van der Waals surface area contributed by atoms with Gasteiger partial charge in [-0.05, 0) is 19.4 Å². The minimum absolute atomic E-state index is 0.0909. The van der Waals surface area contributed by atoms with Crippen molar-refractivity contribution in [2.24, 2.45) is 5.73 Å². The quantitative estimate of drug-likeness (QED) is 0.767. The van der Waals surface area contributed by atoms with E-state index < -0.39 is 0 Å². The molecular weight excluding hydrogens is 216 g/mol. The smallest absolute Gasteiger partial charge is 0.127 e. The molecule has 0 aliphatic carbocycles. The molecule has 0 amide bonds. The topological polar surface area (TPSA) is 68.3 Å². The van der Waals surface area contributed by atoms with E-state index in [1.54, 1.807) is 7.11 Å². The van der Waals surface area contributed by atoms with E-state index in [2.05, 4.69) is 6.07 Å². The number of hydrogen-bond acceptors (Lipinski definition) is 4. The van der Waals surface area contributed by atoms with Crippen LogP contribution in [0.4, 0.5) is 0 Å². The molecule has 1 unspecified atom stereocenters. The first kappa shape index (κ1) is 13.3. The Labute approximate surface area is 102 Å². The predicted molar refractivity (Wildman–Crippen MR) is 65.9 cm³/mol. The summed E-state index contributed by atoms with van der Waals surface area (Å²) >= 11 is 0. The monoisotopic (exact) mass is 234 g/mol. The van der Waals surface area contributed by atoms with E-state index >= 15 is 0 Å². The summed E-state index contributed by atoms with van der Waals surface area (Å²) in [7, 11) is 1.61. The number of unbranched alkanes of at least 4 members (excludes halogenated alkanes) is 1. The lowest BCUT2D eigenvalue weighted by Crippen LogP contribution is -2.08. The highest BCUT2D eigenvalue weighted by atomic mass is 16.5. The fourth-order valence-corrected chi connectivity index (χ4v) is 1.48. The lowest BCUT2D eigenvalue weighted by molar-refractivity contribution is 0.305. The Morgan fingerprint density at radius 2 is 2.24 bits per heavy atom. The highest BCUT2D eigenvalue weighted by molar-refractivity contribution is 5.42. The molecule has 17 heavy (non-hydrogen) atoms. The van der Waals surface area contributed by atoms with E-state index in [9.17, 15) is 0 Å². The Balaban J connectivity index is 2.75. The molecule has 1 rings (SSSR count). The van der Waals surface area contributed by atoms with Crippen molar-refractivity contribution in [3.8, 4) is 17.6 Å². The maximum atomic E-state index is 8.44.